The third kappa shape index (κ3) is 4.89. The molecule has 1 saturated heterocycles. The normalized spacial score (nSPS) is 16.9. The van der Waals surface area contributed by atoms with Gasteiger partial charge in [0.1, 0.15) is 12.4 Å². The van der Waals surface area contributed by atoms with E-state index >= 15 is 0 Å². The number of rotatable bonds is 8. The lowest BCUT2D eigenvalue weighted by atomic mass is 10.1. The number of hydrogen-bond acceptors (Lipinski definition) is 9. The van der Waals surface area contributed by atoms with Gasteiger partial charge < -0.3 is 19.5 Å². The first kappa shape index (κ1) is 23.0. The Morgan fingerprint density at radius 1 is 1.17 bits per heavy atom. The smallest absolute Gasteiger partial charge is 0.338 e. The van der Waals surface area contributed by atoms with Crippen LogP contribution in [-0.4, -0.2) is 54.0 Å². The van der Waals surface area contributed by atoms with E-state index in [4.69, 9.17) is 14.2 Å². The van der Waals surface area contributed by atoms with Gasteiger partial charge in [-0.1, -0.05) is 0 Å². The molecule has 1 unspecified atom stereocenters. The summed E-state index contributed by atoms with van der Waals surface area (Å²) in [7, 11) is 1.61. The molecule has 0 radical (unpaired) electrons. The maximum atomic E-state index is 12.8. The zero-order valence-corrected chi connectivity index (χ0v) is 19.8. The number of anilines is 2. The van der Waals surface area contributed by atoms with Crippen LogP contribution in [-0.2, 0) is 16.1 Å². The summed E-state index contributed by atoms with van der Waals surface area (Å²) < 4.78 is 16.1. The summed E-state index contributed by atoms with van der Waals surface area (Å²) in [5.41, 5.74) is 2.15. The number of nitrogens with one attached hydrogen (secondary N) is 1. The molecular formula is C25H23N3O6S. The summed E-state index contributed by atoms with van der Waals surface area (Å²) in [6, 6.07) is 11.9. The number of imide groups is 1. The van der Waals surface area contributed by atoms with Gasteiger partial charge >= 0.3 is 5.97 Å². The maximum absolute atomic E-state index is 12.8. The quantitative estimate of drug-likeness (QED) is 0.370. The molecule has 0 spiro atoms. The second-order valence-electron chi connectivity index (χ2n) is 8.19. The van der Waals surface area contributed by atoms with Crippen LogP contribution < -0.4 is 10.1 Å². The molecule has 9 nitrogen and oxygen atoms in total. The first-order valence-corrected chi connectivity index (χ1v) is 12.0. The van der Waals surface area contributed by atoms with Gasteiger partial charge in [0.2, 0.25) is 0 Å². The van der Waals surface area contributed by atoms with Gasteiger partial charge in [-0.15, -0.1) is 11.3 Å². The molecule has 0 saturated carbocycles. The predicted octanol–water partition coefficient (Wildman–Crippen LogP) is 4.03. The van der Waals surface area contributed by atoms with Gasteiger partial charge in [0.15, 0.2) is 5.13 Å². The molecule has 10 heteroatoms. The molecule has 3 aromatic rings. The van der Waals surface area contributed by atoms with Crippen molar-refractivity contribution in [3.8, 4) is 5.75 Å². The van der Waals surface area contributed by atoms with E-state index < -0.39 is 11.9 Å². The van der Waals surface area contributed by atoms with Crippen molar-refractivity contribution in [3.05, 3.63) is 70.2 Å². The predicted molar refractivity (Wildman–Crippen MR) is 128 cm³/mol. The number of nitrogens with zero attached hydrogens (tertiary/aromatic N) is 2. The molecule has 2 amide bonds. The number of ether oxygens (including phenoxy) is 3. The van der Waals surface area contributed by atoms with Crippen molar-refractivity contribution in [3.63, 3.8) is 0 Å². The number of methoxy groups -OCH3 is 1. The van der Waals surface area contributed by atoms with Crippen LogP contribution in [0.3, 0.4) is 0 Å². The number of amides is 2. The summed E-state index contributed by atoms with van der Waals surface area (Å²) in [6.07, 6.45) is 1.60. The molecular weight excluding hydrogens is 470 g/mol. The summed E-state index contributed by atoms with van der Waals surface area (Å²) in [6.45, 7) is 0.847. The highest BCUT2D eigenvalue weighted by Crippen LogP contribution is 2.27. The van der Waals surface area contributed by atoms with Crippen LogP contribution in [0, 0.1) is 0 Å². The standard InChI is InChI=1S/C25H23N3O6S/c1-32-18-7-5-16(6-8-18)26-25-27-17(14-35-25)13-34-24(31)15-4-9-20-21(11-15)23(30)28(22(20)29)12-19-3-2-10-33-19/h4-9,11,14,19H,2-3,10,12-13H2,1H3,(H,26,27). The van der Waals surface area contributed by atoms with Gasteiger partial charge in [-0.2, -0.15) is 0 Å². The highest BCUT2D eigenvalue weighted by molar-refractivity contribution is 7.13. The van der Waals surface area contributed by atoms with E-state index in [1.54, 1.807) is 12.5 Å². The van der Waals surface area contributed by atoms with Gasteiger partial charge in [-0.05, 0) is 55.3 Å². The molecule has 180 valence electrons. The first-order chi connectivity index (χ1) is 17.0. The van der Waals surface area contributed by atoms with Crippen LogP contribution in [0.5, 0.6) is 5.75 Å². The van der Waals surface area contributed by atoms with Crippen LogP contribution in [0.2, 0.25) is 0 Å². The Morgan fingerprint density at radius 3 is 2.71 bits per heavy atom. The van der Waals surface area contributed by atoms with E-state index in [-0.39, 0.29) is 36.3 Å². The van der Waals surface area contributed by atoms with Crippen molar-refractivity contribution in [1.29, 1.82) is 0 Å². The van der Waals surface area contributed by atoms with Crippen molar-refractivity contribution < 1.29 is 28.6 Å². The van der Waals surface area contributed by atoms with Crippen molar-refractivity contribution in [2.45, 2.75) is 25.6 Å². The van der Waals surface area contributed by atoms with Crippen molar-refractivity contribution in [2.24, 2.45) is 0 Å². The Morgan fingerprint density at radius 2 is 1.97 bits per heavy atom. The number of hydrogen-bond donors (Lipinski definition) is 1. The van der Waals surface area contributed by atoms with E-state index in [1.165, 1.54) is 34.4 Å². The molecule has 2 aromatic carbocycles. The number of carbonyl (C=O) groups excluding carboxylic acids is 3. The third-order valence-corrected chi connectivity index (χ3v) is 6.67. The molecule has 1 N–H and O–H groups in total. The van der Waals surface area contributed by atoms with Gasteiger partial charge in [-0.25, -0.2) is 9.78 Å². The number of fused-ring (bicyclic) bond motifs is 1. The molecule has 2 aliphatic heterocycles. The summed E-state index contributed by atoms with van der Waals surface area (Å²) in [4.78, 5) is 43.7. The average molecular weight is 494 g/mol. The zero-order chi connectivity index (χ0) is 24.4. The largest absolute Gasteiger partial charge is 0.497 e. The van der Waals surface area contributed by atoms with Crippen LogP contribution in [0.15, 0.2) is 47.8 Å². The fourth-order valence-electron chi connectivity index (χ4n) is 4.03. The maximum Gasteiger partial charge on any atom is 0.338 e. The Balaban J connectivity index is 1.19. The minimum atomic E-state index is -0.594. The lowest BCUT2D eigenvalue weighted by molar-refractivity contribution is 0.0466. The van der Waals surface area contributed by atoms with E-state index in [9.17, 15) is 14.4 Å². The topological polar surface area (TPSA) is 107 Å². The van der Waals surface area contributed by atoms with E-state index in [0.29, 0.717) is 23.0 Å². The number of benzene rings is 2. The van der Waals surface area contributed by atoms with E-state index in [0.717, 1.165) is 24.3 Å². The highest BCUT2D eigenvalue weighted by Gasteiger charge is 2.38. The third-order valence-electron chi connectivity index (χ3n) is 5.86. The highest BCUT2D eigenvalue weighted by atomic mass is 32.1. The van der Waals surface area contributed by atoms with Gasteiger partial charge in [0.25, 0.3) is 11.8 Å². The van der Waals surface area contributed by atoms with Gasteiger partial charge in [-0.3, -0.25) is 14.5 Å². The number of esters is 1. The Labute approximate surface area is 205 Å². The Kier molecular flexibility index (Phi) is 6.47. The van der Waals surface area contributed by atoms with E-state index in [2.05, 4.69) is 10.3 Å². The molecule has 0 bridgehead atoms. The van der Waals surface area contributed by atoms with Crippen molar-refractivity contribution in [1.82, 2.24) is 9.88 Å². The SMILES string of the molecule is COc1ccc(Nc2nc(COC(=O)c3ccc4c(c3)C(=O)N(CC3CCCO3)C4=O)cs2)cc1. The Hall–Kier alpha value is -3.76. The molecule has 3 heterocycles. The number of carbonyl (C=O) groups is 3. The summed E-state index contributed by atoms with van der Waals surface area (Å²) in [5, 5.41) is 5.65. The summed E-state index contributed by atoms with van der Waals surface area (Å²) in [5.74, 6) is -0.609. The summed E-state index contributed by atoms with van der Waals surface area (Å²) >= 11 is 1.39. The van der Waals surface area contributed by atoms with Crippen LogP contribution >= 0.6 is 11.3 Å². The van der Waals surface area contributed by atoms with Crippen LogP contribution in [0.25, 0.3) is 0 Å². The lowest BCUT2D eigenvalue weighted by Crippen LogP contribution is -2.36. The van der Waals surface area contributed by atoms with Gasteiger partial charge in [0.05, 0.1) is 42.1 Å². The monoisotopic (exact) mass is 493 g/mol. The second-order valence-corrected chi connectivity index (χ2v) is 9.05. The molecule has 35 heavy (non-hydrogen) atoms. The molecule has 1 atom stereocenters. The lowest BCUT2D eigenvalue weighted by Gasteiger charge is -2.17. The van der Waals surface area contributed by atoms with Crippen LogP contribution in [0.4, 0.5) is 10.8 Å². The molecule has 1 aromatic heterocycles. The Bertz CT molecular complexity index is 1270. The van der Waals surface area contributed by atoms with Gasteiger partial charge in [0, 0.05) is 17.7 Å². The first-order valence-electron chi connectivity index (χ1n) is 11.2. The fraction of sp³-hybridized carbons (Fsp3) is 0.280. The fourth-order valence-corrected chi connectivity index (χ4v) is 4.74. The second kappa shape index (κ2) is 9.85. The molecule has 2 aliphatic rings. The van der Waals surface area contributed by atoms with Crippen molar-refractivity contribution >= 4 is 39.9 Å². The van der Waals surface area contributed by atoms with Crippen molar-refractivity contribution in [2.75, 3.05) is 25.6 Å². The molecule has 1 fully saturated rings. The zero-order valence-electron chi connectivity index (χ0n) is 19.0. The average Bonchev–Trinajstić information content (AvgIpc) is 3.61. The minimum absolute atomic E-state index is 0.0191. The minimum Gasteiger partial charge on any atom is -0.497 e. The number of thiazole rings is 1. The van der Waals surface area contributed by atoms with Crippen LogP contribution in [0.1, 0.15) is 49.6 Å². The molecule has 0 aliphatic carbocycles. The number of aromatic nitrogens is 1. The van der Waals surface area contributed by atoms with E-state index in [1.807, 2.05) is 24.3 Å². The molecule has 5 rings (SSSR count).